The third-order valence-corrected chi connectivity index (χ3v) is 2.42. The van der Waals surface area contributed by atoms with Gasteiger partial charge in [0, 0.05) is 18.7 Å². The van der Waals surface area contributed by atoms with E-state index in [4.69, 9.17) is 11.6 Å². The standard InChI is InChI=1S/C9H13ClN4/c1-2-12-8-6-3-4-11-5-7(6)13-9(10)14-8/h11H,2-5H2,1H3,(H,12,13,14). The smallest absolute Gasteiger partial charge is 0.224 e. The number of fused-ring (bicyclic) bond motifs is 1. The van der Waals surface area contributed by atoms with Crippen molar-refractivity contribution in [2.24, 2.45) is 0 Å². The summed E-state index contributed by atoms with van der Waals surface area (Å²) in [6, 6.07) is 0. The number of nitrogens with zero attached hydrogens (tertiary/aromatic N) is 2. The van der Waals surface area contributed by atoms with Gasteiger partial charge >= 0.3 is 0 Å². The Balaban J connectivity index is 2.41. The Morgan fingerprint density at radius 3 is 3.14 bits per heavy atom. The van der Waals surface area contributed by atoms with Crippen LogP contribution in [0.4, 0.5) is 5.82 Å². The molecule has 4 nitrogen and oxygen atoms in total. The predicted molar refractivity (Wildman–Crippen MR) is 56.6 cm³/mol. The summed E-state index contributed by atoms with van der Waals surface area (Å²) >= 11 is 5.83. The first-order valence-corrected chi connectivity index (χ1v) is 5.19. The fraction of sp³-hybridized carbons (Fsp3) is 0.556. The van der Waals surface area contributed by atoms with E-state index in [1.165, 1.54) is 5.56 Å². The summed E-state index contributed by atoms with van der Waals surface area (Å²) in [6.45, 7) is 4.67. The van der Waals surface area contributed by atoms with Gasteiger partial charge in [0.15, 0.2) is 0 Å². The van der Waals surface area contributed by atoms with Crippen LogP contribution in [0.3, 0.4) is 0 Å². The highest BCUT2D eigenvalue weighted by molar-refractivity contribution is 6.28. The zero-order valence-corrected chi connectivity index (χ0v) is 8.86. The van der Waals surface area contributed by atoms with Crippen molar-refractivity contribution in [1.82, 2.24) is 15.3 Å². The van der Waals surface area contributed by atoms with Gasteiger partial charge in [-0.2, -0.15) is 0 Å². The average Bonchev–Trinajstić information content (AvgIpc) is 2.18. The predicted octanol–water partition coefficient (Wildman–Crippen LogP) is 1.21. The van der Waals surface area contributed by atoms with E-state index < -0.39 is 0 Å². The van der Waals surface area contributed by atoms with Crippen LogP contribution in [-0.2, 0) is 13.0 Å². The molecule has 0 spiro atoms. The van der Waals surface area contributed by atoms with Crippen molar-refractivity contribution in [3.63, 3.8) is 0 Å². The molecule has 1 aromatic rings. The van der Waals surface area contributed by atoms with Crippen molar-refractivity contribution in [1.29, 1.82) is 0 Å². The van der Waals surface area contributed by atoms with E-state index in [-0.39, 0.29) is 0 Å². The van der Waals surface area contributed by atoms with E-state index in [1.807, 2.05) is 6.92 Å². The molecule has 0 saturated carbocycles. The van der Waals surface area contributed by atoms with Gasteiger partial charge in [-0.3, -0.25) is 0 Å². The highest BCUT2D eigenvalue weighted by Gasteiger charge is 2.16. The van der Waals surface area contributed by atoms with Crippen LogP contribution >= 0.6 is 11.6 Å². The molecule has 0 aromatic carbocycles. The maximum Gasteiger partial charge on any atom is 0.224 e. The molecule has 76 valence electrons. The van der Waals surface area contributed by atoms with Crippen molar-refractivity contribution < 1.29 is 0 Å². The Hall–Kier alpha value is -0.870. The van der Waals surface area contributed by atoms with Crippen LogP contribution in [0.1, 0.15) is 18.2 Å². The maximum absolute atomic E-state index is 5.83. The summed E-state index contributed by atoms with van der Waals surface area (Å²) in [6.07, 6.45) is 0.967. The van der Waals surface area contributed by atoms with Crippen LogP contribution in [0.5, 0.6) is 0 Å². The molecule has 0 unspecified atom stereocenters. The molecule has 0 fully saturated rings. The molecule has 0 amide bonds. The lowest BCUT2D eigenvalue weighted by Crippen LogP contribution is -2.26. The van der Waals surface area contributed by atoms with Gasteiger partial charge in [0.05, 0.1) is 5.69 Å². The van der Waals surface area contributed by atoms with Gasteiger partial charge < -0.3 is 10.6 Å². The van der Waals surface area contributed by atoms with E-state index in [2.05, 4.69) is 20.6 Å². The quantitative estimate of drug-likeness (QED) is 0.724. The van der Waals surface area contributed by atoms with E-state index in [1.54, 1.807) is 0 Å². The zero-order valence-electron chi connectivity index (χ0n) is 8.10. The summed E-state index contributed by atoms with van der Waals surface area (Å²) in [4.78, 5) is 8.40. The first-order valence-electron chi connectivity index (χ1n) is 4.81. The Kier molecular flexibility index (Phi) is 2.84. The largest absolute Gasteiger partial charge is 0.370 e. The van der Waals surface area contributed by atoms with Gasteiger partial charge in [0.1, 0.15) is 5.82 Å². The van der Waals surface area contributed by atoms with Gasteiger partial charge in [0.2, 0.25) is 5.28 Å². The molecular formula is C9H13ClN4. The normalized spacial score (nSPS) is 15.0. The minimum absolute atomic E-state index is 0.323. The fourth-order valence-corrected chi connectivity index (χ4v) is 1.83. The summed E-state index contributed by atoms with van der Waals surface area (Å²) in [5.74, 6) is 0.893. The van der Waals surface area contributed by atoms with Crippen molar-refractivity contribution in [3.8, 4) is 0 Å². The Bertz CT molecular complexity index is 340. The SMILES string of the molecule is CCNc1nc(Cl)nc2c1CCNC2. The first-order chi connectivity index (χ1) is 6.81. The number of anilines is 1. The van der Waals surface area contributed by atoms with Crippen molar-refractivity contribution in [2.45, 2.75) is 19.9 Å². The molecule has 1 aromatic heterocycles. The second kappa shape index (κ2) is 4.11. The zero-order chi connectivity index (χ0) is 9.97. The Morgan fingerprint density at radius 1 is 1.50 bits per heavy atom. The third kappa shape index (κ3) is 1.81. The van der Waals surface area contributed by atoms with Gasteiger partial charge in [0.25, 0.3) is 0 Å². The van der Waals surface area contributed by atoms with Crippen LogP contribution in [0, 0.1) is 0 Å². The van der Waals surface area contributed by atoms with Crippen LogP contribution in [0.15, 0.2) is 0 Å². The van der Waals surface area contributed by atoms with Crippen molar-refractivity contribution in [2.75, 3.05) is 18.4 Å². The second-order valence-electron chi connectivity index (χ2n) is 3.22. The number of nitrogens with one attached hydrogen (secondary N) is 2. The van der Waals surface area contributed by atoms with E-state index >= 15 is 0 Å². The second-order valence-corrected chi connectivity index (χ2v) is 3.56. The first kappa shape index (κ1) is 9.68. The third-order valence-electron chi connectivity index (χ3n) is 2.25. The summed E-state index contributed by atoms with van der Waals surface area (Å²) < 4.78 is 0. The fourth-order valence-electron chi connectivity index (χ4n) is 1.64. The molecule has 0 radical (unpaired) electrons. The lowest BCUT2D eigenvalue weighted by molar-refractivity contribution is 0.624. The molecule has 0 bridgehead atoms. The summed E-state index contributed by atoms with van der Waals surface area (Å²) in [5, 5.41) is 6.80. The Morgan fingerprint density at radius 2 is 2.36 bits per heavy atom. The molecule has 2 heterocycles. The molecule has 5 heteroatoms. The van der Waals surface area contributed by atoms with Gasteiger partial charge in [-0.05, 0) is 31.5 Å². The molecule has 0 saturated heterocycles. The molecule has 1 aliphatic heterocycles. The van der Waals surface area contributed by atoms with E-state index in [0.29, 0.717) is 5.28 Å². The van der Waals surface area contributed by atoms with Crippen molar-refractivity contribution >= 4 is 17.4 Å². The highest BCUT2D eigenvalue weighted by atomic mass is 35.5. The minimum atomic E-state index is 0.323. The minimum Gasteiger partial charge on any atom is -0.370 e. The van der Waals surface area contributed by atoms with E-state index in [9.17, 15) is 0 Å². The summed E-state index contributed by atoms with van der Waals surface area (Å²) in [7, 11) is 0. The molecule has 1 aliphatic rings. The van der Waals surface area contributed by atoms with E-state index in [0.717, 1.165) is 37.6 Å². The molecule has 2 N–H and O–H groups in total. The Labute approximate surface area is 88.1 Å². The number of rotatable bonds is 2. The molecule has 2 rings (SSSR count). The van der Waals surface area contributed by atoms with Crippen molar-refractivity contribution in [3.05, 3.63) is 16.5 Å². The lowest BCUT2D eigenvalue weighted by atomic mass is 10.1. The van der Waals surface area contributed by atoms with Crippen LogP contribution < -0.4 is 10.6 Å². The number of hydrogen-bond acceptors (Lipinski definition) is 4. The monoisotopic (exact) mass is 212 g/mol. The molecule has 0 aliphatic carbocycles. The topological polar surface area (TPSA) is 49.8 Å². The molecular weight excluding hydrogens is 200 g/mol. The molecule has 0 atom stereocenters. The maximum atomic E-state index is 5.83. The van der Waals surface area contributed by atoms with Gasteiger partial charge in [-0.15, -0.1) is 0 Å². The lowest BCUT2D eigenvalue weighted by Gasteiger charge is -2.19. The van der Waals surface area contributed by atoms with Crippen LogP contribution in [0.25, 0.3) is 0 Å². The van der Waals surface area contributed by atoms with Crippen LogP contribution in [0.2, 0.25) is 5.28 Å². The van der Waals surface area contributed by atoms with Crippen LogP contribution in [-0.4, -0.2) is 23.1 Å². The van der Waals surface area contributed by atoms with Gasteiger partial charge in [-0.1, -0.05) is 0 Å². The number of halogens is 1. The molecule has 14 heavy (non-hydrogen) atoms. The highest BCUT2D eigenvalue weighted by Crippen LogP contribution is 2.21. The number of aromatic nitrogens is 2. The number of hydrogen-bond donors (Lipinski definition) is 2. The summed E-state index contributed by atoms with van der Waals surface area (Å²) in [5.41, 5.74) is 2.22. The average molecular weight is 213 g/mol. The van der Waals surface area contributed by atoms with Gasteiger partial charge in [-0.25, -0.2) is 9.97 Å².